The number of hydrogen-bond acceptors (Lipinski definition) is 3. The summed E-state index contributed by atoms with van der Waals surface area (Å²) in [6.45, 7) is -4.34. The van der Waals surface area contributed by atoms with Crippen LogP contribution in [0.5, 0.6) is 0 Å². The van der Waals surface area contributed by atoms with E-state index < -0.39 is 31.8 Å². The van der Waals surface area contributed by atoms with Crippen LogP contribution in [0.1, 0.15) is 46.0 Å². The van der Waals surface area contributed by atoms with Crippen LogP contribution in [0.4, 0.5) is 5.69 Å². The Morgan fingerprint density at radius 1 is 1.23 bits per heavy atom. The molecule has 3 rings (SSSR count). The molecular formula is C22H28N2O2. The summed E-state index contributed by atoms with van der Waals surface area (Å²) in [5, 5.41) is 10.8. The van der Waals surface area contributed by atoms with Crippen molar-refractivity contribution < 1.29 is 18.1 Å². The van der Waals surface area contributed by atoms with Crippen molar-refractivity contribution in [3.05, 3.63) is 66.2 Å². The predicted molar refractivity (Wildman–Crippen MR) is 105 cm³/mol. The summed E-state index contributed by atoms with van der Waals surface area (Å²) in [7, 11) is 0. The number of β-amino-alcohol motifs (C(OH)–C–C–N with tert-alkyl or cyclic N) is 1. The minimum atomic E-state index is -2.47. The van der Waals surface area contributed by atoms with E-state index in [1.54, 1.807) is 42.5 Å². The standard InChI is InChI=1S/C22H28N2O2/c1-2-22(26)24(19-11-7-4-8-12-19)20-13-15-23(16-14-20)17-21(25)18-9-5-3-6-10-18/h3-12,20-21,25H,2,13-17H2,1H3/i1D3,17D2,21D. The molecule has 4 heteroatoms. The zero-order valence-corrected chi connectivity index (χ0v) is 14.6. The van der Waals surface area contributed by atoms with Crippen LogP contribution in [0.3, 0.4) is 0 Å². The molecule has 26 heavy (non-hydrogen) atoms. The minimum Gasteiger partial charge on any atom is -0.387 e. The van der Waals surface area contributed by atoms with E-state index in [9.17, 15) is 9.90 Å². The summed E-state index contributed by atoms with van der Waals surface area (Å²) in [6, 6.07) is 16.6. The Labute approximate surface area is 164 Å². The molecule has 0 saturated carbocycles. The third kappa shape index (κ3) is 4.51. The SMILES string of the molecule is [2H]C([2H])([2H])CC(=O)N(c1ccccc1)C1CCN(C([2H])([2H])C([2H])(O)c2ccccc2)CC1. The Bertz CT molecular complexity index is 898. The van der Waals surface area contributed by atoms with Crippen molar-refractivity contribution in [3.8, 4) is 0 Å². The lowest BCUT2D eigenvalue weighted by atomic mass is 10.0. The number of carbonyl (C=O) groups excluding carboxylic acids is 1. The third-order valence-electron chi connectivity index (χ3n) is 4.60. The fourth-order valence-corrected chi connectivity index (χ4v) is 3.28. The first-order valence-corrected chi connectivity index (χ1v) is 8.83. The molecule has 2 aromatic rings. The van der Waals surface area contributed by atoms with Gasteiger partial charge in [-0.1, -0.05) is 55.4 Å². The number of nitrogens with zero attached hydrogens (tertiary/aromatic N) is 2. The minimum absolute atomic E-state index is 0.158. The molecule has 2 aromatic carbocycles. The van der Waals surface area contributed by atoms with Crippen LogP contribution < -0.4 is 4.90 Å². The number of aliphatic hydroxyl groups is 1. The van der Waals surface area contributed by atoms with E-state index in [-0.39, 0.29) is 24.7 Å². The van der Waals surface area contributed by atoms with Crippen LogP contribution in [-0.4, -0.2) is 41.5 Å². The molecule has 0 bridgehead atoms. The van der Waals surface area contributed by atoms with Gasteiger partial charge in [-0.25, -0.2) is 0 Å². The fourth-order valence-electron chi connectivity index (χ4n) is 3.28. The van der Waals surface area contributed by atoms with Gasteiger partial charge in [-0.15, -0.1) is 0 Å². The van der Waals surface area contributed by atoms with Crippen molar-refractivity contribution >= 4 is 11.6 Å². The van der Waals surface area contributed by atoms with Crippen LogP contribution >= 0.6 is 0 Å². The number of piperidine rings is 1. The Hall–Kier alpha value is -2.17. The first-order valence-electron chi connectivity index (χ1n) is 11.8. The molecular weight excluding hydrogens is 324 g/mol. The molecule has 0 spiro atoms. The van der Waals surface area contributed by atoms with Crippen molar-refractivity contribution in [1.29, 1.82) is 0 Å². The van der Waals surface area contributed by atoms with E-state index >= 15 is 0 Å². The van der Waals surface area contributed by atoms with Crippen molar-refractivity contribution in [2.75, 3.05) is 24.5 Å². The number of anilines is 1. The Balaban J connectivity index is 1.78. The first-order chi connectivity index (χ1) is 14.9. The normalized spacial score (nSPS) is 22.7. The van der Waals surface area contributed by atoms with Gasteiger partial charge in [0.2, 0.25) is 5.91 Å². The molecule has 1 unspecified atom stereocenters. The number of carbonyl (C=O) groups is 1. The molecule has 4 nitrogen and oxygen atoms in total. The van der Waals surface area contributed by atoms with Crippen LogP contribution in [-0.2, 0) is 4.79 Å². The topological polar surface area (TPSA) is 43.8 Å². The third-order valence-corrected chi connectivity index (χ3v) is 4.60. The fraction of sp³-hybridized carbons (Fsp3) is 0.409. The van der Waals surface area contributed by atoms with E-state index in [4.69, 9.17) is 8.22 Å². The molecule has 1 heterocycles. The maximum absolute atomic E-state index is 12.9. The molecule has 1 fully saturated rings. The Kier molecular flexibility index (Phi) is 4.23. The highest BCUT2D eigenvalue weighted by Gasteiger charge is 2.29. The monoisotopic (exact) mass is 358 g/mol. The number of hydrogen-bond donors (Lipinski definition) is 1. The maximum atomic E-state index is 12.9. The van der Waals surface area contributed by atoms with Crippen LogP contribution in [0.2, 0.25) is 0 Å². The highest BCUT2D eigenvalue weighted by atomic mass is 16.3. The van der Waals surface area contributed by atoms with Crippen LogP contribution in [0.25, 0.3) is 0 Å². The Morgan fingerprint density at radius 3 is 2.46 bits per heavy atom. The van der Waals surface area contributed by atoms with Gasteiger partial charge < -0.3 is 14.9 Å². The predicted octanol–water partition coefficient (Wildman–Crippen LogP) is 3.63. The zero-order chi connectivity index (χ0) is 23.6. The van der Waals surface area contributed by atoms with Gasteiger partial charge in [0.1, 0.15) is 0 Å². The van der Waals surface area contributed by atoms with Gasteiger partial charge in [0.25, 0.3) is 0 Å². The van der Waals surface area contributed by atoms with E-state index in [2.05, 4.69) is 0 Å². The average Bonchev–Trinajstić information content (AvgIpc) is 2.74. The van der Waals surface area contributed by atoms with E-state index in [1.807, 2.05) is 6.07 Å². The van der Waals surface area contributed by atoms with Gasteiger partial charge in [-0.05, 0) is 30.5 Å². The number of amides is 1. The lowest BCUT2D eigenvalue weighted by Gasteiger charge is -2.39. The van der Waals surface area contributed by atoms with Gasteiger partial charge in [0.05, 0.1) is 7.45 Å². The molecule has 1 amide bonds. The summed E-state index contributed by atoms with van der Waals surface area (Å²) < 4.78 is 47.8. The second-order valence-electron chi connectivity index (χ2n) is 6.32. The number of rotatable bonds is 6. The molecule has 138 valence electrons. The molecule has 0 aliphatic carbocycles. The van der Waals surface area contributed by atoms with Gasteiger partial charge >= 0.3 is 0 Å². The van der Waals surface area contributed by atoms with Gasteiger partial charge in [0, 0.05) is 44.6 Å². The van der Waals surface area contributed by atoms with Gasteiger partial charge in [-0.3, -0.25) is 4.79 Å². The van der Waals surface area contributed by atoms with Crippen molar-refractivity contribution in [3.63, 3.8) is 0 Å². The summed E-state index contributed by atoms with van der Waals surface area (Å²) >= 11 is 0. The highest BCUT2D eigenvalue weighted by molar-refractivity contribution is 5.93. The molecule has 1 aliphatic heterocycles. The summed E-state index contributed by atoms with van der Waals surface area (Å²) in [5.74, 6) is -0.501. The van der Waals surface area contributed by atoms with E-state index in [0.29, 0.717) is 18.5 Å². The lowest BCUT2D eigenvalue weighted by Crippen LogP contribution is -2.48. The molecule has 0 radical (unpaired) electrons. The van der Waals surface area contributed by atoms with Crippen molar-refractivity contribution in [2.24, 2.45) is 0 Å². The van der Waals surface area contributed by atoms with Crippen molar-refractivity contribution in [1.82, 2.24) is 4.90 Å². The second-order valence-corrected chi connectivity index (χ2v) is 6.32. The summed E-state index contributed by atoms with van der Waals surface area (Å²) in [4.78, 5) is 15.8. The molecule has 1 saturated heterocycles. The number of likely N-dealkylation sites (tertiary alicyclic amines) is 1. The average molecular weight is 359 g/mol. The Morgan fingerprint density at radius 2 is 1.85 bits per heavy atom. The van der Waals surface area contributed by atoms with Gasteiger partial charge in [0.15, 0.2) is 0 Å². The number of para-hydroxylation sites is 1. The van der Waals surface area contributed by atoms with Crippen LogP contribution in [0, 0.1) is 0 Å². The molecule has 1 atom stereocenters. The zero-order valence-electron chi connectivity index (χ0n) is 20.6. The molecule has 0 aromatic heterocycles. The quantitative estimate of drug-likeness (QED) is 0.858. The largest absolute Gasteiger partial charge is 0.387 e. The van der Waals surface area contributed by atoms with E-state index in [1.165, 1.54) is 21.9 Å². The molecule has 1 aliphatic rings. The van der Waals surface area contributed by atoms with Gasteiger partial charge in [-0.2, -0.15) is 0 Å². The summed E-state index contributed by atoms with van der Waals surface area (Å²) in [5.41, 5.74) is 0.760. The summed E-state index contributed by atoms with van der Waals surface area (Å²) in [6.07, 6.45) is -2.29. The van der Waals surface area contributed by atoms with E-state index in [0.717, 1.165) is 0 Å². The number of benzene rings is 2. The first kappa shape index (κ1) is 12.3. The van der Waals surface area contributed by atoms with Crippen LogP contribution in [0.15, 0.2) is 60.7 Å². The highest BCUT2D eigenvalue weighted by Crippen LogP contribution is 2.25. The second kappa shape index (κ2) is 8.97. The van der Waals surface area contributed by atoms with Crippen molar-refractivity contribution in [2.45, 2.75) is 38.2 Å². The molecule has 1 N–H and O–H groups in total. The smallest absolute Gasteiger partial charge is 0.226 e. The maximum Gasteiger partial charge on any atom is 0.226 e. The lowest BCUT2D eigenvalue weighted by molar-refractivity contribution is -0.119.